The molecule has 0 unspecified atom stereocenters. The van der Waals surface area contributed by atoms with Crippen molar-refractivity contribution in [2.45, 2.75) is 6.54 Å². The predicted octanol–water partition coefficient (Wildman–Crippen LogP) is 2.29. The number of aromatic nitrogens is 5. The van der Waals surface area contributed by atoms with Gasteiger partial charge in [-0.15, -0.1) is 10.2 Å². The molecule has 0 saturated heterocycles. The molecular weight excluding hydrogens is 292 g/mol. The van der Waals surface area contributed by atoms with Gasteiger partial charge in [-0.2, -0.15) is 9.61 Å². The summed E-state index contributed by atoms with van der Waals surface area (Å²) in [5, 5.41) is 16.9. The predicted molar refractivity (Wildman–Crippen MR) is 86.4 cm³/mol. The summed E-state index contributed by atoms with van der Waals surface area (Å²) < 4.78 is 6.96. The fourth-order valence-corrected chi connectivity index (χ4v) is 2.48. The Morgan fingerprint density at radius 3 is 3.00 bits per heavy atom. The number of rotatable bonds is 4. The van der Waals surface area contributed by atoms with Gasteiger partial charge in [-0.1, -0.05) is 0 Å². The molecule has 0 aliphatic rings. The topological polar surface area (TPSA) is 77.2 Å². The van der Waals surface area contributed by atoms with E-state index in [0.717, 1.165) is 33.8 Å². The Bertz CT molecular complexity index is 981. The number of nitrogens with zero attached hydrogens (tertiary/aromatic N) is 5. The molecule has 0 radical (unpaired) electrons. The summed E-state index contributed by atoms with van der Waals surface area (Å²) in [4.78, 5) is 4.38. The maximum absolute atomic E-state index is 5.24. The largest absolute Gasteiger partial charge is 0.497 e. The van der Waals surface area contributed by atoms with Gasteiger partial charge in [-0.25, -0.2) is 0 Å². The van der Waals surface area contributed by atoms with Gasteiger partial charge in [0.15, 0.2) is 11.5 Å². The number of hydrogen-bond donors (Lipinski definition) is 1. The third kappa shape index (κ3) is 2.42. The minimum atomic E-state index is 0.517. The van der Waals surface area contributed by atoms with E-state index in [1.807, 2.05) is 36.4 Å². The first-order chi connectivity index (χ1) is 11.3. The van der Waals surface area contributed by atoms with Crippen molar-refractivity contribution < 1.29 is 4.74 Å². The van der Waals surface area contributed by atoms with E-state index < -0.39 is 0 Å². The first-order valence-corrected chi connectivity index (χ1v) is 7.17. The monoisotopic (exact) mass is 306 g/mol. The summed E-state index contributed by atoms with van der Waals surface area (Å²) in [7, 11) is 1.65. The van der Waals surface area contributed by atoms with Crippen LogP contribution < -0.4 is 10.1 Å². The van der Waals surface area contributed by atoms with Crippen LogP contribution in [-0.2, 0) is 6.54 Å². The zero-order valence-corrected chi connectivity index (χ0v) is 12.5. The fourth-order valence-electron chi connectivity index (χ4n) is 2.48. The van der Waals surface area contributed by atoms with Crippen LogP contribution in [-0.4, -0.2) is 31.9 Å². The highest BCUT2D eigenvalue weighted by atomic mass is 16.5. The highest BCUT2D eigenvalue weighted by molar-refractivity contribution is 5.91. The highest BCUT2D eigenvalue weighted by Crippen LogP contribution is 2.25. The molecule has 114 valence electrons. The van der Waals surface area contributed by atoms with Crippen molar-refractivity contribution in [1.29, 1.82) is 0 Å². The average molecular weight is 306 g/mol. The number of anilines is 1. The number of pyridine rings is 1. The SMILES string of the molecule is COc1ccc2c(NCc3nnc4cccnn34)ccnc2c1. The number of benzene rings is 1. The summed E-state index contributed by atoms with van der Waals surface area (Å²) in [5.74, 6) is 1.54. The van der Waals surface area contributed by atoms with E-state index in [4.69, 9.17) is 4.74 Å². The molecular formula is C16H14N6O. The van der Waals surface area contributed by atoms with Gasteiger partial charge in [0.2, 0.25) is 0 Å². The first-order valence-electron chi connectivity index (χ1n) is 7.17. The van der Waals surface area contributed by atoms with Crippen LogP contribution >= 0.6 is 0 Å². The lowest BCUT2D eigenvalue weighted by atomic mass is 10.2. The molecule has 0 bridgehead atoms. The summed E-state index contributed by atoms with van der Waals surface area (Å²) in [6.07, 6.45) is 3.48. The molecule has 1 N–H and O–H groups in total. The Morgan fingerprint density at radius 1 is 1.13 bits per heavy atom. The van der Waals surface area contributed by atoms with Gasteiger partial charge in [0, 0.05) is 29.5 Å². The Kier molecular flexibility index (Phi) is 3.23. The van der Waals surface area contributed by atoms with Crippen LogP contribution in [0.3, 0.4) is 0 Å². The van der Waals surface area contributed by atoms with Gasteiger partial charge in [0.1, 0.15) is 5.75 Å². The fraction of sp³-hybridized carbons (Fsp3) is 0.125. The number of nitrogens with one attached hydrogen (secondary N) is 1. The molecule has 7 nitrogen and oxygen atoms in total. The van der Waals surface area contributed by atoms with E-state index >= 15 is 0 Å². The first kappa shape index (κ1) is 13.4. The average Bonchev–Trinajstić information content (AvgIpc) is 3.02. The van der Waals surface area contributed by atoms with Crippen molar-refractivity contribution in [2.75, 3.05) is 12.4 Å². The molecule has 0 saturated carbocycles. The molecule has 0 atom stereocenters. The van der Waals surface area contributed by atoms with E-state index in [0.29, 0.717) is 6.54 Å². The van der Waals surface area contributed by atoms with Gasteiger partial charge in [-0.05, 0) is 30.3 Å². The maximum atomic E-state index is 5.24. The summed E-state index contributed by atoms with van der Waals surface area (Å²) in [5.41, 5.74) is 2.58. The second kappa shape index (κ2) is 5.53. The molecule has 4 rings (SSSR count). The molecule has 3 aromatic heterocycles. The summed E-state index contributed by atoms with van der Waals surface area (Å²) in [6.45, 7) is 0.517. The van der Waals surface area contributed by atoms with Gasteiger partial charge in [-0.3, -0.25) is 4.98 Å². The lowest BCUT2D eigenvalue weighted by Gasteiger charge is -2.09. The van der Waals surface area contributed by atoms with E-state index in [-0.39, 0.29) is 0 Å². The van der Waals surface area contributed by atoms with Crippen molar-refractivity contribution in [3.63, 3.8) is 0 Å². The standard InChI is InChI=1S/C16H14N6O/c1-23-11-4-5-12-13(6-8-17-14(12)9-11)18-10-16-21-20-15-3-2-7-19-22(15)16/h2-9H,10H2,1H3,(H,17,18). The van der Waals surface area contributed by atoms with Gasteiger partial charge < -0.3 is 10.1 Å². The summed E-state index contributed by atoms with van der Waals surface area (Å²) in [6, 6.07) is 11.5. The molecule has 3 heterocycles. The van der Waals surface area contributed by atoms with Crippen LogP contribution in [0.25, 0.3) is 16.6 Å². The third-order valence-corrected chi connectivity index (χ3v) is 3.63. The smallest absolute Gasteiger partial charge is 0.177 e. The molecule has 0 fully saturated rings. The van der Waals surface area contributed by atoms with Crippen LogP contribution in [0.1, 0.15) is 5.82 Å². The van der Waals surface area contributed by atoms with E-state index in [2.05, 4.69) is 25.6 Å². The van der Waals surface area contributed by atoms with Crippen LogP contribution in [0.15, 0.2) is 48.8 Å². The van der Waals surface area contributed by atoms with Gasteiger partial charge >= 0.3 is 0 Å². The molecule has 0 amide bonds. The van der Waals surface area contributed by atoms with Crippen LogP contribution in [0, 0.1) is 0 Å². The normalized spacial score (nSPS) is 11.0. The Balaban J connectivity index is 1.65. The van der Waals surface area contributed by atoms with E-state index in [9.17, 15) is 0 Å². The van der Waals surface area contributed by atoms with Crippen molar-refractivity contribution in [2.24, 2.45) is 0 Å². The number of fused-ring (bicyclic) bond motifs is 2. The Labute approximate surface area is 131 Å². The summed E-state index contributed by atoms with van der Waals surface area (Å²) >= 11 is 0. The second-order valence-corrected chi connectivity index (χ2v) is 5.01. The van der Waals surface area contributed by atoms with Gasteiger partial charge in [0.05, 0.1) is 19.2 Å². The lowest BCUT2D eigenvalue weighted by molar-refractivity contribution is 0.415. The quantitative estimate of drug-likeness (QED) is 0.623. The Morgan fingerprint density at radius 2 is 2.09 bits per heavy atom. The van der Waals surface area contributed by atoms with Crippen molar-refractivity contribution in [1.82, 2.24) is 24.8 Å². The molecule has 23 heavy (non-hydrogen) atoms. The van der Waals surface area contributed by atoms with Crippen molar-refractivity contribution >= 4 is 22.2 Å². The zero-order chi connectivity index (χ0) is 15.6. The number of ether oxygens (including phenoxy) is 1. The van der Waals surface area contributed by atoms with E-state index in [1.54, 1.807) is 24.0 Å². The van der Waals surface area contributed by atoms with Crippen molar-refractivity contribution in [3.05, 3.63) is 54.6 Å². The van der Waals surface area contributed by atoms with Crippen molar-refractivity contribution in [3.8, 4) is 5.75 Å². The van der Waals surface area contributed by atoms with Gasteiger partial charge in [0.25, 0.3) is 0 Å². The molecule has 0 aliphatic heterocycles. The highest BCUT2D eigenvalue weighted by Gasteiger charge is 2.07. The molecule has 4 aromatic rings. The number of methoxy groups -OCH3 is 1. The molecule has 0 spiro atoms. The van der Waals surface area contributed by atoms with Crippen LogP contribution in [0.4, 0.5) is 5.69 Å². The Hall–Kier alpha value is -3.22. The minimum Gasteiger partial charge on any atom is -0.497 e. The van der Waals surface area contributed by atoms with E-state index in [1.165, 1.54) is 0 Å². The second-order valence-electron chi connectivity index (χ2n) is 5.01. The number of hydrogen-bond acceptors (Lipinski definition) is 6. The maximum Gasteiger partial charge on any atom is 0.177 e. The van der Waals surface area contributed by atoms with Crippen LogP contribution in [0.2, 0.25) is 0 Å². The zero-order valence-electron chi connectivity index (χ0n) is 12.5. The molecule has 7 heteroatoms. The van der Waals surface area contributed by atoms with Crippen LogP contribution in [0.5, 0.6) is 5.75 Å². The third-order valence-electron chi connectivity index (χ3n) is 3.63. The molecule has 0 aliphatic carbocycles. The molecule has 1 aromatic carbocycles. The lowest BCUT2D eigenvalue weighted by Crippen LogP contribution is -2.06. The minimum absolute atomic E-state index is 0.517.